The summed E-state index contributed by atoms with van der Waals surface area (Å²) in [5.74, 6) is 0.102. The van der Waals surface area contributed by atoms with Crippen molar-refractivity contribution >= 4 is 11.6 Å². The molecule has 0 unspecified atom stereocenters. The van der Waals surface area contributed by atoms with E-state index in [1.54, 1.807) is 0 Å². The van der Waals surface area contributed by atoms with Gasteiger partial charge in [-0.2, -0.15) is 0 Å². The number of benzene rings is 1. The molecular formula is C16H24N2O. The summed E-state index contributed by atoms with van der Waals surface area (Å²) in [6.45, 7) is 6.78. The molecule has 1 aliphatic heterocycles. The number of likely N-dealkylation sites (tertiary alicyclic amines) is 1. The largest absolute Gasteiger partial charge is 0.325 e. The van der Waals surface area contributed by atoms with Crippen LogP contribution >= 0.6 is 0 Å². The fraction of sp³-hybridized carbons (Fsp3) is 0.562. The molecule has 1 amide bonds. The number of hydrogen-bond donors (Lipinski definition) is 1. The Morgan fingerprint density at radius 3 is 2.42 bits per heavy atom. The van der Waals surface area contributed by atoms with E-state index < -0.39 is 0 Å². The minimum atomic E-state index is 0.102. The minimum absolute atomic E-state index is 0.102. The van der Waals surface area contributed by atoms with Crippen LogP contribution in [0.4, 0.5) is 5.69 Å². The molecule has 0 spiro atoms. The quantitative estimate of drug-likeness (QED) is 0.905. The average Bonchev–Trinajstić information content (AvgIpc) is 2.62. The van der Waals surface area contributed by atoms with Crippen LogP contribution in [-0.2, 0) is 4.79 Å². The second-order valence-corrected chi connectivity index (χ2v) is 5.54. The van der Waals surface area contributed by atoms with E-state index in [1.165, 1.54) is 36.8 Å². The van der Waals surface area contributed by atoms with Gasteiger partial charge in [0.25, 0.3) is 0 Å². The van der Waals surface area contributed by atoms with Crippen molar-refractivity contribution in [1.82, 2.24) is 4.90 Å². The summed E-state index contributed by atoms with van der Waals surface area (Å²) < 4.78 is 0. The van der Waals surface area contributed by atoms with Gasteiger partial charge in [0.2, 0.25) is 5.91 Å². The van der Waals surface area contributed by atoms with Gasteiger partial charge in [-0.3, -0.25) is 9.69 Å². The Morgan fingerprint density at radius 1 is 1.11 bits per heavy atom. The fourth-order valence-electron chi connectivity index (χ4n) is 2.52. The van der Waals surface area contributed by atoms with Gasteiger partial charge in [-0.05, 0) is 63.0 Å². The highest BCUT2D eigenvalue weighted by atomic mass is 16.2. The second-order valence-electron chi connectivity index (χ2n) is 5.54. The number of carbonyl (C=O) groups is 1. The van der Waals surface area contributed by atoms with E-state index in [1.807, 2.05) is 12.1 Å². The van der Waals surface area contributed by atoms with Crippen molar-refractivity contribution in [1.29, 1.82) is 0 Å². The van der Waals surface area contributed by atoms with Gasteiger partial charge in [0.15, 0.2) is 0 Å². The normalized spacial score (nSPS) is 16.9. The molecule has 1 N–H and O–H groups in total. The molecule has 0 radical (unpaired) electrons. The number of nitrogens with zero attached hydrogens (tertiary/aromatic N) is 1. The number of anilines is 1. The molecule has 1 fully saturated rings. The van der Waals surface area contributed by atoms with Crippen LogP contribution in [0.1, 0.15) is 36.8 Å². The summed E-state index contributed by atoms with van der Waals surface area (Å²) >= 11 is 0. The van der Waals surface area contributed by atoms with E-state index in [9.17, 15) is 4.79 Å². The highest BCUT2D eigenvalue weighted by Crippen LogP contribution is 2.14. The summed E-state index contributed by atoms with van der Waals surface area (Å²) in [4.78, 5) is 14.3. The number of carbonyl (C=O) groups excluding carboxylic acids is 1. The summed E-state index contributed by atoms with van der Waals surface area (Å²) in [7, 11) is 0. The lowest BCUT2D eigenvalue weighted by Gasteiger charge is -2.19. The predicted octanol–water partition coefficient (Wildman–Crippen LogP) is 3.12. The third kappa shape index (κ3) is 4.35. The van der Waals surface area contributed by atoms with Crippen molar-refractivity contribution in [3.05, 3.63) is 29.3 Å². The molecule has 3 heteroatoms. The van der Waals surface area contributed by atoms with Crippen LogP contribution in [-0.4, -0.2) is 30.4 Å². The third-order valence-electron chi connectivity index (χ3n) is 3.86. The standard InChI is InChI=1S/C16H24N2O/c1-13-7-8-15(11-14(13)2)17-16(19)12-18-9-5-3-4-6-10-18/h7-8,11H,3-6,9-10,12H2,1-2H3,(H,17,19). The SMILES string of the molecule is Cc1ccc(NC(=O)CN2CCCCCC2)cc1C. The first-order chi connectivity index (χ1) is 9.15. The number of aryl methyl sites for hydroxylation is 2. The number of rotatable bonds is 3. The maximum Gasteiger partial charge on any atom is 0.238 e. The van der Waals surface area contributed by atoms with E-state index in [4.69, 9.17) is 0 Å². The Labute approximate surface area is 116 Å². The zero-order chi connectivity index (χ0) is 13.7. The van der Waals surface area contributed by atoms with Gasteiger partial charge in [-0.1, -0.05) is 18.9 Å². The van der Waals surface area contributed by atoms with E-state index in [0.29, 0.717) is 6.54 Å². The highest BCUT2D eigenvalue weighted by molar-refractivity contribution is 5.92. The van der Waals surface area contributed by atoms with Crippen molar-refractivity contribution in [2.24, 2.45) is 0 Å². The molecule has 104 valence electrons. The van der Waals surface area contributed by atoms with Crippen LogP contribution in [0.5, 0.6) is 0 Å². The van der Waals surface area contributed by atoms with Crippen molar-refractivity contribution in [3.8, 4) is 0 Å². The van der Waals surface area contributed by atoms with Crippen LogP contribution in [0.2, 0.25) is 0 Å². The van der Waals surface area contributed by atoms with Gasteiger partial charge >= 0.3 is 0 Å². The Hall–Kier alpha value is -1.35. The zero-order valence-electron chi connectivity index (χ0n) is 12.0. The van der Waals surface area contributed by atoms with E-state index in [0.717, 1.165) is 18.8 Å². The van der Waals surface area contributed by atoms with Crippen molar-refractivity contribution in [3.63, 3.8) is 0 Å². The Morgan fingerprint density at radius 2 is 1.79 bits per heavy atom. The molecule has 19 heavy (non-hydrogen) atoms. The molecule has 0 aromatic heterocycles. The number of hydrogen-bond acceptors (Lipinski definition) is 2. The van der Waals surface area contributed by atoms with Crippen LogP contribution in [0.25, 0.3) is 0 Å². The van der Waals surface area contributed by atoms with E-state index in [2.05, 4.69) is 30.1 Å². The van der Waals surface area contributed by atoms with Crippen molar-refractivity contribution < 1.29 is 4.79 Å². The fourth-order valence-corrected chi connectivity index (χ4v) is 2.52. The summed E-state index contributed by atoms with van der Waals surface area (Å²) in [6.07, 6.45) is 5.04. The lowest BCUT2D eigenvalue weighted by molar-refractivity contribution is -0.117. The lowest BCUT2D eigenvalue weighted by atomic mass is 10.1. The molecule has 2 rings (SSSR count). The third-order valence-corrected chi connectivity index (χ3v) is 3.86. The first kappa shape index (κ1) is 14.1. The van der Waals surface area contributed by atoms with E-state index >= 15 is 0 Å². The Kier molecular flexibility index (Phi) is 4.97. The minimum Gasteiger partial charge on any atom is -0.325 e. The lowest BCUT2D eigenvalue weighted by Crippen LogP contribution is -2.33. The molecule has 0 aliphatic carbocycles. The Balaban J connectivity index is 1.87. The second kappa shape index (κ2) is 6.71. The topological polar surface area (TPSA) is 32.3 Å². The van der Waals surface area contributed by atoms with Gasteiger partial charge in [0.1, 0.15) is 0 Å². The van der Waals surface area contributed by atoms with Crippen molar-refractivity contribution in [2.75, 3.05) is 25.0 Å². The summed E-state index contributed by atoms with van der Waals surface area (Å²) in [6, 6.07) is 6.06. The molecule has 1 aromatic carbocycles. The molecule has 0 atom stereocenters. The van der Waals surface area contributed by atoms with Crippen LogP contribution < -0.4 is 5.32 Å². The molecule has 1 aliphatic rings. The first-order valence-corrected chi connectivity index (χ1v) is 7.24. The number of nitrogens with one attached hydrogen (secondary N) is 1. The van der Waals surface area contributed by atoms with Crippen LogP contribution in [0.15, 0.2) is 18.2 Å². The molecule has 1 heterocycles. The maximum absolute atomic E-state index is 12.0. The first-order valence-electron chi connectivity index (χ1n) is 7.24. The predicted molar refractivity (Wildman–Crippen MR) is 79.5 cm³/mol. The monoisotopic (exact) mass is 260 g/mol. The van der Waals surface area contributed by atoms with Crippen LogP contribution in [0.3, 0.4) is 0 Å². The van der Waals surface area contributed by atoms with E-state index in [-0.39, 0.29) is 5.91 Å². The van der Waals surface area contributed by atoms with Gasteiger partial charge in [-0.15, -0.1) is 0 Å². The molecule has 1 aromatic rings. The van der Waals surface area contributed by atoms with Gasteiger partial charge < -0.3 is 5.32 Å². The molecular weight excluding hydrogens is 236 g/mol. The zero-order valence-corrected chi connectivity index (χ0v) is 12.0. The maximum atomic E-state index is 12.0. The highest BCUT2D eigenvalue weighted by Gasteiger charge is 2.13. The smallest absolute Gasteiger partial charge is 0.238 e. The summed E-state index contributed by atoms with van der Waals surface area (Å²) in [5.41, 5.74) is 3.38. The summed E-state index contributed by atoms with van der Waals surface area (Å²) in [5, 5.41) is 3.00. The van der Waals surface area contributed by atoms with Gasteiger partial charge in [-0.25, -0.2) is 0 Å². The average molecular weight is 260 g/mol. The van der Waals surface area contributed by atoms with Gasteiger partial charge in [0.05, 0.1) is 6.54 Å². The molecule has 0 bridgehead atoms. The molecule has 3 nitrogen and oxygen atoms in total. The molecule has 0 saturated carbocycles. The van der Waals surface area contributed by atoms with Crippen molar-refractivity contribution in [2.45, 2.75) is 39.5 Å². The number of amides is 1. The van der Waals surface area contributed by atoms with Crippen LogP contribution in [0, 0.1) is 13.8 Å². The van der Waals surface area contributed by atoms with Gasteiger partial charge in [0, 0.05) is 5.69 Å². The molecule has 1 saturated heterocycles. The Bertz CT molecular complexity index is 434.